The zero-order valence-electron chi connectivity index (χ0n) is 12.9. The zero-order chi connectivity index (χ0) is 18.0. The van der Waals surface area contributed by atoms with Gasteiger partial charge in [-0.25, -0.2) is 12.8 Å². The lowest BCUT2D eigenvalue weighted by Gasteiger charge is -2.24. The van der Waals surface area contributed by atoms with Gasteiger partial charge in [-0.15, -0.1) is 0 Å². The van der Waals surface area contributed by atoms with Crippen LogP contribution < -0.4 is 5.32 Å². The van der Waals surface area contributed by atoms with E-state index in [0.29, 0.717) is 13.2 Å². The minimum absolute atomic E-state index is 0.146. The minimum atomic E-state index is -3.82. The number of amides is 1. The first kappa shape index (κ1) is 17.9. The van der Waals surface area contributed by atoms with E-state index in [1.165, 1.54) is 28.6 Å². The summed E-state index contributed by atoms with van der Waals surface area (Å²) in [5.74, 6) is -1.48. The number of halogens is 2. The van der Waals surface area contributed by atoms with Crippen LogP contribution in [-0.2, 0) is 14.8 Å². The Morgan fingerprint density at radius 1 is 1.20 bits per heavy atom. The molecule has 0 atom stereocenters. The molecule has 1 aromatic heterocycles. The van der Waals surface area contributed by atoms with Crippen molar-refractivity contribution >= 4 is 33.2 Å². The molecule has 0 spiro atoms. The maximum atomic E-state index is 13.1. The fourth-order valence-corrected chi connectivity index (χ4v) is 3.76. The van der Waals surface area contributed by atoms with E-state index in [2.05, 4.69) is 5.32 Å². The number of carbonyl (C=O) groups excluding carboxylic acids is 1. The highest BCUT2D eigenvalue weighted by molar-refractivity contribution is 7.89. The average Bonchev–Trinajstić information content (AvgIpc) is 3.10. The molecule has 0 bridgehead atoms. The van der Waals surface area contributed by atoms with Crippen LogP contribution in [0.15, 0.2) is 39.8 Å². The fraction of sp³-hybridized carbons (Fsp3) is 0.267. The van der Waals surface area contributed by atoms with Gasteiger partial charge in [0.25, 0.3) is 15.9 Å². The number of benzene rings is 1. The molecule has 2 aromatic rings. The molecule has 0 unspecified atom stereocenters. The summed E-state index contributed by atoms with van der Waals surface area (Å²) in [6, 6.07) is 6.15. The Morgan fingerprint density at radius 2 is 1.92 bits per heavy atom. The van der Waals surface area contributed by atoms with Gasteiger partial charge in [-0.3, -0.25) is 4.79 Å². The Labute approximate surface area is 148 Å². The average molecular weight is 389 g/mol. The van der Waals surface area contributed by atoms with Crippen molar-refractivity contribution in [2.24, 2.45) is 0 Å². The number of sulfonamides is 1. The van der Waals surface area contributed by atoms with Crippen molar-refractivity contribution in [3.8, 4) is 0 Å². The highest BCUT2D eigenvalue weighted by atomic mass is 35.5. The van der Waals surface area contributed by atoms with Gasteiger partial charge in [-0.1, -0.05) is 11.6 Å². The van der Waals surface area contributed by atoms with Crippen LogP contribution in [0.4, 0.5) is 10.1 Å². The van der Waals surface area contributed by atoms with Gasteiger partial charge in [0.1, 0.15) is 5.82 Å². The minimum Gasteiger partial charge on any atom is -0.438 e. The van der Waals surface area contributed by atoms with E-state index in [0.717, 1.165) is 6.07 Å². The molecule has 1 aliphatic heterocycles. The second-order valence-electron chi connectivity index (χ2n) is 5.22. The van der Waals surface area contributed by atoms with Crippen LogP contribution in [-0.4, -0.2) is 44.9 Å². The number of furan rings is 1. The molecule has 2 heterocycles. The number of nitrogens with one attached hydrogen (secondary N) is 1. The molecule has 1 amide bonds. The van der Waals surface area contributed by atoms with Gasteiger partial charge >= 0.3 is 0 Å². The van der Waals surface area contributed by atoms with E-state index < -0.39 is 21.7 Å². The van der Waals surface area contributed by atoms with Crippen molar-refractivity contribution in [2.75, 3.05) is 31.6 Å². The predicted octanol–water partition coefficient (Wildman–Crippen LogP) is 2.35. The number of hydrogen-bond donors (Lipinski definition) is 1. The summed E-state index contributed by atoms with van der Waals surface area (Å²) in [6.07, 6.45) is 0. The first-order chi connectivity index (χ1) is 11.9. The number of ether oxygens (including phenoxy) is 1. The van der Waals surface area contributed by atoms with Crippen molar-refractivity contribution in [1.29, 1.82) is 0 Å². The van der Waals surface area contributed by atoms with Gasteiger partial charge in [-0.05, 0) is 30.3 Å². The first-order valence-electron chi connectivity index (χ1n) is 7.32. The second-order valence-corrected chi connectivity index (χ2v) is 7.49. The lowest BCUT2D eigenvalue weighted by molar-refractivity contribution is 0.0723. The van der Waals surface area contributed by atoms with Gasteiger partial charge in [0.2, 0.25) is 5.09 Å². The molecular formula is C15H14ClFN2O5S. The van der Waals surface area contributed by atoms with Crippen molar-refractivity contribution in [1.82, 2.24) is 4.31 Å². The molecule has 10 heteroatoms. The van der Waals surface area contributed by atoms with Crippen LogP contribution in [0.5, 0.6) is 0 Å². The summed E-state index contributed by atoms with van der Waals surface area (Å²) in [5.41, 5.74) is 0.255. The molecule has 0 aliphatic carbocycles. The van der Waals surface area contributed by atoms with E-state index in [9.17, 15) is 17.6 Å². The molecule has 1 aromatic carbocycles. The summed E-state index contributed by atoms with van der Waals surface area (Å²) in [6.45, 7) is 1.05. The van der Waals surface area contributed by atoms with E-state index >= 15 is 0 Å². The predicted molar refractivity (Wildman–Crippen MR) is 87.6 cm³/mol. The van der Waals surface area contributed by atoms with Crippen LogP contribution in [0.1, 0.15) is 10.6 Å². The summed E-state index contributed by atoms with van der Waals surface area (Å²) in [5, 5.41) is 1.99. The SMILES string of the molecule is O=C(Nc1ccc(F)c(Cl)c1)c1ccc(S(=O)(=O)N2CCOCC2)o1. The van der Waals surface area contributed by atoms with E-state index in [-0.39, 0.29) is 34.7 Å². The molecular weight excluding hydrogens is 375 g/mol. The van der Waals surface area contributed by atoms with Crippen molar-refractivity contribution < 1.29 is 26.8 Å². The van der Waals surface area contributed by atoms with Gasteiger partial charge < -0.3 is 14.5 Å². The standard InChI is InChI=1S/C15H14ClFN2O5S/c16-11-9-10(1-2-12(11)17)18-15(20)13-3-4-14(24-13)25(21,22)19-5-7-23-8-6-19/h1-4,9H,5-8H2,(H,18,20). The van der Waals surface area contributed by atoms with Crippen molar-refractivity contribution in [2.45, 2.75) is 5.09 Å². The molecule has 1 fully saturated rings. The van der Waals surface area contributed by atoms with Crippen LogP contribution in [0.2, 0.25) is 5.02 Å². The number of morpholine rings is 1. The molecule has 1 saturated heterocycles. The highest BCUT2D eigenvalue weighted by Gasteiger charge is 2.30. The molecule has 1 N–H and O–H groups in total. The molecule has 3 rings (SSSR count). The van der Waals surface area contributed by atoms with E-state index in [4.69, 9.17) is 20.8 Å². The maximum absolute atomic E-state index is 13.1. The molecule has 0 radical (unpaired) electrons. The molecule has 25 heavy (non-hydrogen) atoms. The van der Waals surface area contributed by atoms with Gasteiger partial charge in [0, 0.05) is 18.8 Å². The Morgan fingerprint density at radius 3 is 2.60 bits per heavy atom. The zero-order valence-corrected chi connectivity index (χ0v) is 14.4. The summed E-state index contributed by atoms with van der Waals surface area (Å²) >= 11 is 5.65. The Hall–Kier alpha value is -1.94. The van der Waals surface area contributed by atoms with E-state index in [1.807, 2.05) is 0 Å². The molecule has 1 aliphatic rings. The van der Waals surface area contributed by atoms with Crippen LogP contribution in [0.25, 0.3) is 0 Å². The van der Waals surface area contributed by atoms with Crippen molar-refractivity contribution in [3.05, 3.63) is 46.9 Å². The Bertz CT molecular complexity index is 893. The van der Waals surface area contributed by atoms with Gasteiger partial charge in [0.15, 0.2) is 5.76 Å². The van der Waals surface area contributed by atoms with Crippen LogP contribution in [0.3, 0.4) is 0 Å². The van der Waals surface area contributed by atoms with E-state index in [1.54, 1.807) is 0 Å². The summed E-state index contributed by atoms with van der Waals surface area (Å²) in [7, 11) is -3.82. The number of rotatable bonds is 4. The van der Waals surface area contributed by atoms with Crippen molar-refractivity contribution in [3.63, 3.8) is 0 Å². The second kappa shape index (κ2) is 7.12. The Balaban J connectivity index is 1.76. The maximum Gasteiger partial charge on any atom is 0.291 e. The lowest BCUT2D eigenvalue weighted by atomic mass is 10.3. The van der Waals surface area contributed by atoms with Crippen LogP contribution >= 0.6 is 11.6 Å². The summed E-state index contributed by atoms with van der Waals surface area (Å²) in [4.78, 5) is 12.2. The van der Waals surface area contributed by atoms with Gasteiger partial charge in [-0.2, -0.15) is 4.31 Å². The number of carbonyl (C=O) groups is 1. The molecule has 7 nitrogen and oxygen atoms in total. The fourth-order valence-electron chi connectivity index (χ4n) is 2.26. The summed E-state index contributed by atoms with van der Waals surface area (Å²) < 4.78 is 49.6. The number of hydrogen-bond acceptors (Lipinski definition) is 5. The quantitative estimate of drug-likeness (QED) is 0.868. The number of nitrogens with zero attached hydrogens (tertiary/aromatic N) is 1. The smallest absolute Gasteiger partial charge is 0.291 e. The first-order valence-corrected chi connectivity index (χ1v) is 9.14. The lowest BCUT2D eigenvalue weighted by Crippen LogP contribution is -2.40. The molecule has 0 saturated carbocycles. The van der Waals surface area contributed by atoms with Crippen LogP contribution in [0, 0.1) is 5.82 Å². The monoisotopic (exact) mass is 388 g/mol. The molecule has 134 valence electrons. The number of anilines is 1. The largest absolute Gasteiger partial charge is 0.438 e. The highest BCUT2D eigenvalue weighted by Crippen LogP contribution is 2.22. The topological polar surface area (TPSA) is 88.9 Å². The third kappa shape index (κ3) is 3.84. The normalized spacial score (nSPS) is 15.9. The third-order valence-electron chi connectivity index (χ3n) is 3.55. The Kier molecular flexibility index (Phi) is 5.09. The third-order valence-corrected chi connectivity index (χ3v) is 5.61. The van der Waals surface area contributed by atoms with Gasteiger partial charge in [0.05, 0.1) is 18.2 Å².